The van der Waals surface area contributed by atoms with Crippen LogP contribution >= 0.6 is 11.3 Å². The van der Waals surface area contributed by atoms with E-state index in [1.54, 1.807) is 11.3 Å². The Morgan fingerprint density at radius 2 is 2.12 bits per heavy atom. The molecule has 4 heteroatoms. The first kappa shape index (κ1) is 11.8. The fraction of sp³-hybridized carbons (Fsp3) is 0.231. The second-order valence-electron chi connectivity index (χ2n) is 3.68. The van der Waals surface area contributed by atoms with E-state index >= 15 is 0 Å². The number of nitrogens with zero attached hydrogens (tertiary/aromatic N) is 1. The fourth-order valence-corrected chi connectivity index (χ4v) is 2.03. The van der Waals surface area contributed by atoms with Crippen molar-refractivity contribution < 1.29 is 4.79 Å². The van der Waals surface area contributed by atoms with Crippen molar-refractivity contribution in [2.45, 2.75) is 19.9 Å². The van der Waals surface area contributed by atoms with E-state index in [1.807, 2.05) is 42.9 Å². The van der Waals surface area contributed by atoms with Crippen LogP contribution in [0.4, 0.5) is 5.69 Å². The van der Waals surface area contributed by atoms with Gasteiger partial charge in [0.05, 0.1) is 12.1 Å². The first-order valence-corrected chi connectivity index (χ1v) is 6.42. The molecule has 2 rings (SSSR count). The topological polar surface area (TPSA) is 42.0 Å². The van der Waals surface area contributed by atoms with Gasteiger partial charge in [0.1, 0.15) is 0 Å². The first-order chi connectivity index (χ1) is 8.29. The third-order valence-electron chi connectivity index (χ3n) is 2.48. The molecule has 0 bridgehead atoms. The molecule has 0 fully saturated rings. The number of anilines is 1. The number of rotatable bonds is 5. The van der Waals surface area contributed by atoms with Crippen molar-refractivity contribution in [3.63, 3.8) is 0 Å². The molecule has 1 aromatic heterocycles. The molecule has 0 spiro atoms. The monoisotopic (exact) mass is 246 g/mol. The summed E-state index contributed by atoms with van der Waals surface area (Å²) in [7, 11) is 0. The van der Waals surface area contributed by atoms with Gasteiger partial charge in [-0.2, -0.15) is 0 Å². The second-order valence-corrected chi connectivity index (χ2v) is 4.65. The van der Waals surface area contributed by atoms with Crippen LogP contribution in [0.2, 0.25) is 0 Å². The van der Waals surface area contributed by atoms with E-state index in [0.29, 0.717) is 6.42 Å². The molecule has 1 aromatic carbocycles. The van der Waals surface area contributed by atoms with Crippen LogP contribution in [0, 0.1) is 0 Å². The maximum Gasteiger partial charge on any atom is 0.162 e. The van der Waals surface area contributed by atoms with Gasteiger partial charge in [-0.15, -0.1) is 11.3 Å². The minimum absolute atomic E-state index is 0.180. The summed E-state index contributed by atoms with van der Waals surface area (Å²) in [5.74, 6) is 0.180. The number of carbonyl (C=O) groups excluding carboxylic acids is 1. The maximum atomic E-state index is 11.4. The summed E-state index contributed by atoms with van der Waals surface area (Å²) in [4.78, 5) is 16.7. The van der Waals surface area contributed by atoms with Crippen molar-refractivity contribution in [1.82, 2.24) is 4.98 Å². The van der Waals surface area contributed by atoms with Gasteiger partial charge >= 0.3 is 0 Å². The SMILES string of the molecule is CCC(=O)c1ccc(NCc2cncs2)cc1. The van der Waals surface area contributed by atoms with E-state index in [9.17, 15) is 4.79 Å². The van der Waals surface area contributed by atoms with Crippen LogP contribution in [0.1, 0.15) is 28.6 Å². The smallest absolute Gasteiger partial charge is 0.162 e. The Balaban J connectivity index is 1.96. The molecule has 3 nitrogen and oxygen atoms in total. The lowest BCUT2D eigenvalue weighted by atomic mass is 10.1. The van der Waals surface area contributed by atoms with Gasteiger partial charge in [-0.1, -0.05) is 6.92 Å². The van der Waals surface area contributed by atoms with Gasteiger partial charge in [0.2, 0.25) is 0 Å². The Kier molecular flexibility index (Phi) is 3.88. The Bertz CT molecular complexity index is 477. The average Bonchev–Trinajstić information content (AvgIpc) is 2.89. The molecule has 17 heavy (non-hydrogen) atoms. The van der Waals surface area contributed by atoms with Crippen LogP contribution in [-0.4, -0.2) is 10.8 Å². The zero-order valence-electron chi connectivity index (χ0n) is 9.64. The zero-order valence-corrected chi connectivity index (χ0v) is 10.5. The largest absolute Gasteiger partial charge is 0.380 e. The van der Waals surface area contributed by atoms with Crippen molar-refractivity contribution in [2.24, 2.45) is 0 Å². The van der Waals surface area contributed by atoms with Crippen molar-refractivity contribution in [3.05, 3.63) is 46.4 Å². The van der Waals surface area contributed by atoms with Crippen molar-refractivity contribution >= 4 is 22.8 Å². The first-order valence-electron chi connectivity index (χ1n) is 5.54. The molecule has 0 aliphatic carbocycles. The maximum absolute atomic E-state index is 11.4. The van der Waals surface area contributed by atoms with Crippen molar-refractivity contribution in [3.8, 4) is 0 Å². The van der Waals surface area contributed by atoms with Crippen LogP contribution in [0.3, 0.4) is 0 Å². The lowest BCUT2D eigenvalue weighted by Gasteiger charge is -2.05. The third-order valence-corrected chi connectivity index (χ3v) is 3.26. The number of aromatic nitrogens is 1. The van der Waals surface area contributed by atoms with E-state index in [4.69, 9.17) is 0 Å². The molecule has 1 heterocycles. The van der Waals surface area contributed by atoms with Gasteiger partial charge in [-0.25, -0.2) is 0 Å². The number of nitrogens with one attached hydrogen (secondary N) is 1. The van der Waals surface area contributed by atoms with Gasteiger partial charge in [0, 0.05) is 28.7 Å². The van der Waals surface area contributed by atoms with Gasteiger partial charge in [0.25, 0.3) is 0 Å². The molecule has 0 saturated carbocycles. The summed E-state index contributed by atoms with van der Waals surface area (Å²) >= 11 is 1.63. The predicted octanol–water partition coefficient (Wildman–Crippen LogP) is 3.35. The van der Waals surface area contributed by atoms with Gasteiger partial charge < -0.3 is 5.32 Å². The van der Waals surface area contributed by atoms with Crippen LogP contribution in [0.15, 0.2) is 36.0 Å². The summed E-state index contributed by atoms with van der Waals surface area (Å²) in [6.45, 7) is 2.64. The normalized spacial score (nSPS) is 10.2. The predicted molar refractivity (Wildman–Crippen MR) is 70.5 cm³/mol. The highest BCUT2D eigenvalue weighted by molar-refractivity contribution is 7.09. The Hall–Kier alpha value is -1.68. The number of hydrogen-bond donors (Lipinski definition) is 1. The van der Waals surface area contributed by atoms with Crippen LogP contribution in [-0.2, 0) is 6.54 Å². The number of carbonyl (C=O) groups is 1. The quantitative estimate of drug-likeness (QED) is 0.823. The fourth-order valence-electron chi connectivity index (χ4n) is 1.50. The lowest BCUT2D eigenvalue weighted by molar-refractivity contribution is 0.0988. The number of benzene rings is 1. The Morgan fingerprint density at radius 3 is 2.71 bits per heavy atom. The molecule has 0 aliphatic rings. The van der Waals surface area contributed by atoms with E-state index in [-0.39, 0.29) is 5.78 Å². The third kappa shape index (κ3) is 3.14. The Labute approximate surface area is 105 Å². The highest BCUT2D eigenvalue weighted by Crippen LogP contribution is 2.13. The molecule has 88 valence electrons. The van der Waals surface area contributed by atoms with Crippen molar-refractivity contribution in [1.29, 1.82) is 0 Å². The summed E-state index contributed by atoms with van der Waals surface area (Å²) in [6.07, 6.45) is 2.40. The average molecular weight is 246 g/mol. The van der Waals surface area contributed by atoms with E-state index in [0.717, 1.165) is 17.8 Å². The van der Waals surface area contributed by atoms with E-state index in [1.165, 1.54) is 4.88 Å². The summed E-state index contributed by atoms with van der Waals surface area (Å²) in [6, 6.07) is 7.59. The zero-order chi connectivity index (χ0) is 12.1. The molecule has 0 radical (unpaired) electrons. The van der Waals surface area contributed by atoms with Crippen LogP contribution in [0.5, 0.6) is 0 Å². The summed E-state index contributed by atoms with van der Waals surface area (Å²) in [5, 5.41) is 3.29. The highest BCUT2D eigenvalue weighted by atomic mass is 32.1. The lowest BCUT2D eigenvalue weighted by Crippen LogP contribution is -1.99. The van der Waals surface area contributed by atoms with E-state index in [2.05, 4.69) is 10.3 Å². The molecule has 1 N–H and O–H groups in total. The molecular weight excluding hydrogens is 232 g/mol. The Morgan fingerprint density at radius 1 is 1.35 bits per heavy atom. The number of Topliss-reactive ketones (excluding diaryl/α,β-unsaturated/α-hetero) is 1. The minimum Gasteiger partial charge on any atom is -0.380 e. The van der Waals surface area contributed by atoms with Crippen molar-refractivity contribution in [2.75, 3.05) is 5.32 Å². The highest BCUT2D eigenvalue weighted by Gasteiger charge is 2.02. The molecule has 0 aliphatic heterocycles. The minimum atomic E-state index is 0.180. The molecule has 0 unspecified atom stereocenters. The number of hydrogen-bond acceptors (Lipinski definition) is 4. The van der Waals surface area contributed by atoms with Gasteiger partial charge in [-0.3, -0.25) is 9.78 Å². The summed E-state index contributed by atoms with van der Waals surface area (Å²) in [5.41, 5.74) is 3.61. The molecule has 2 aromatic rings. The van der Waals surface area contributed by atoms with Crippen LogP contribution in [0.25, 0.3) is 0 Å². The molecule has 0 saturated heterocycles. The molecule has 0 amide bonds. The van der Waals surface area contributed by atoms with E-state index < -0.39 is 0 Å². The molecular formula is C13H14N2OS. The van der Waals surface area contributed by atoms with Gasteiger partial charge in [0.15, 0.2) is 5.78 Å². The van der Waals surface area contributed by atoms with Crippen LogP contribution < -0.4 is 5.32 Å². The summed E-state index contributed by atoms with van der Waals surface area (Å²) < 4.78 is 0. The number of thiazole rings is 1. The second kappa shape index (κ2) is 5.59. The number of ketones is 1. The standard InChI is InChI=1S/C13H14N2OS/c1-2-13(16)10-3-5-11(6-4-10)15-8-12-7-14-9-17-12/h3-7,9,15H,2,8H2,1H3. The van der Waals surface area contributed by atoms with Gasteiger partial charge in [-0.05, 0) is 24.3 Å². The molecule has 0 atom stereocenters.